The second-order valence-electron chi connectivity index (χ2n) is 4.81. The molecule has 98 valence electrons. The Morgan fingerprint density at radius 2 is 1.89 bits per heavy atom. The van der Waals surface area contributed by atoms with Gasteiger partial charge in [0.15, 0.2) is 0 Å². The van der Waals surface area contributed by atoms with Crippen LogP contribution in [-0.4, -0.2) is 19.8 Å². The molecule has 1 N–H and O–H groups in total. The van der Waals surface area contributed by atoms with E-state index in [1.807, 2.05) is 30.3 Å². The van der Waals surface area contributed by atoms with E-state index in [1.54, 1.807) is 7.11 Å². The summed E-state index contributed by atoms with van der Waals surface area (Å²) < 4.78 is 10.9. The third kappa shape index (κ3) is 2.29. The van der Waals surface area contributed by atoms with Gasteiger partial charge in [-0.1, -0.05) is 18.2 Å². The monoisotopic (exact) mass is 255 g/mol. The Balaban J connectivity index is 2.02. The molecular formula is C16H17NO2. The molecule has 0 radical (unpaired) electrons. The van der Waals surface area contributed by atoms with Crippen LogP contribution in [0.15, 0.2) is 46.9 Å². The molecule has 0 aliphatic heterocycles. The quantitative estimate of drug-likeness (QED) is 0.764. The van der Waals surface area contributed by atoms with Gasteiger partial charge in [0.1, 0.15) is 11.2 Å². The number of hydrogen-bond donors (Lipinski definition) is 1. The highest BCUT2D eigenvalue weighted by molar-refractivity contribution is 6.05. The van der Waals surface area contributed by atoms with Crippen LogP contribution >= 0.6 is 0 Å². The molecular weight excluding hydrogens is 238 g/mol. The van der Waals surface area contributed by atoms with Gasteiger partial charge in [-0.2, -0.15) is 0 Å². The lowest BCUT2D eigenvalue weighted by atomic mass is 10.1. The summed E-state index contributed by atoms with van der Waals surface area (Å²) in [5.41, 5.74) is 2.94. The van der Waals surface area contributed by atoms with Crippen LogP contribution in [0.3, 0.4) is 0 Å². The van der Waals surface area contributed by atoms with Gasteiger partial charge < -0.3 is 14.5 Å². The van der Waals surface area contributed by atoms with E-state index in [2.05, 4.69) is 24.4 Å². The summed E-state index contributed by atoms with van der Waals surface area (Å²) in [5, 5.41) is 5.72. The smallest absolute Gasteiger partial charge is 0.135 e. The minimum absolute atomic E-state index is 0.278. The predicted octanol–water partition coefficient (Wildman–Crippen LogP) is 4.03. The topological polar surface area (TPSA) is 34.4 Å². The van der Waals surface area contributed by atoms with Crippen LogP contribution < -0.4 is 5.32 Å². The molecule has 0 fully saturated rings. The molecule has 3 aromatic rings. The Hall–Kier alpha value is -2.00. The normalized spacial score (nSPS) is 12.9. The fourth-order valence-electron chi connectivity index (χ4n) is 2.39. The van der Waals surface area contributed by atoms with Gasteiger partial charge in [0.2, 0.25) is 0 Å². The Morgan fingerprint density at radius 1 is 1.11 bits per heavy atom. The Morgan fingerprint density at radius 3 is 2.74 bits per heavy atom. The fraction of sp³-hybridized carbons (Fsp3) is 0.250. The molecule has 0 bridgehead atoms. The van der Waals surface area contributed by atoms with Crippen molar-refractivity contribution in [3.05, 3.63) is 42.5 Å². The molecule has 1 atom stereocenters. The molecule has 3 heteroatoms. The average molecular weight is 255 g/mol. The molecule has 1 aromatic heterocycles. The molecule has 0 saturated carbocycles. The number of ether oxygens (including phenoxy) is 1. The minimum Gasteiger partial charge on any atom is -0.456 e. The molecule has 0 aliphatic carbocycles. The number of furan rings is 1. The largest absolute Gasteiger partial charge is 0.456 e. The molecule has 0 spiro atoms. The second-order valence-corrected chi connectivity index (χ2v) is 4.81. The van der Waals surface area contributed by atoms with E-state index in [1.165, 1.54) is 0 Å². The molecule has 3 nitrogen and oxygen atoms in total. The highest BCUT2D eigenvalue weighted by Gasteiger charge is 2.08. The van der Waals surface area contributed by atoms with E-state index in [0.29, 0.717) is 6.61 Å². The number of hydrogen-bond acceptors (Lipinski definition) is 3. The van der Waals surface area contributed by atoms with Crippen molar-refractivity contribution in [3.8, 4) is 0 Å². The highest BCUT2D eigenvalue weighted by atomic mass is 16.5. The number of benzene rings is 2. The summed E-state index contributed by atoms with van der Waals surface area (Å²) in [6.07, 6.45) is 0. The van der Waals surface area contributed by atoms with Crippen molar-refractivity contribution in [2.45, 2.75) is 13.0 Å². The maximum absolute atomic E-state index is 5.81. The van der Waals surface area contributed by atoms with E-state index in [4.69, 9.17) is 9.15 Å². The van der Waals surface area contributed by atoms with Gasteiger partial charge in [0, 0.05) is 29.6 Å². The predicted molar refractivity (Wildman–Crippen MR) is 78.7 cm³/mol. The number of anilines is 1. The van der Waals surface area contributed by atoms with Crippen LogP contribution in [0.5, 0.6) is 0 Å². The molecule has 3 rings (SSSR count). The first-order chi connectivity index (χ1) is 9.28. The number of nitrogens with one attached hydrogen (secondary N) is 1. The standard InChI is InChI=1S/C16H17NO2/c1-11(10-18-2)17-12-7-8-16-14(9-12)13-5-3-4-6-15(13)19-16/h3-9,11,17H,10H2,1-2H3. The number of fused-ring (bicyclic) bond motifs is 3. The second kappa shape index (κ2) is 4.94. The van der Waals surface area contributed by atoms with Crippen molar-refractivity contribution in [2.75, 3.05) is 19.0 Å². The lowest BCUT2D eigenvalue weighted by Gasteiger charge is -2.13. The maximum Gasteiger partial charge on any atom is 0.135 e. The number of rotatable bonds is 4. The van der Waals surface area contributed by atoms with E-state index in [9.17, 15) is 0 Å². The maximum atomic E-state index is 5.81. The number of methoxy groups -OCH3 is 1. The van der Waals surface area contributed by atoms with Crippen molar-refractivity contribution >= 4 is 27.6 Å². The zero-order valence-corrected chi connectivity index (χ0v) is 11.1. The summed E-state index contributed by atoms with van der Waals surface area (Å²) >= 11 is 0. The third-order valence-electron chi connectivity index (χ3n) is 3.21. The minimum atomic E-state index is 0.278. The Bertz CT molecular complexity index is 702. The summed E-state index contributed by atoms with van der Waals surface area (Å²) in [6.45, 7) is 2.78. The summed E-state index contributed by atoms with van der Waals surface area (Å²) in [5.74, 6) is 0. The third-order valence-corrected chi connectivity index (χ3v) is 3.21. The van der Waals surface area contributed by atoms with Crippen LogP contribution in [0.4, 0.5) is 5.69 Å². The first kappa shape index (κ1) is 12.1. The zero-order chi connectivity index (χ0) is 13.2. The Kier molecular flexibility index (Phi) is 3.13. The van der Waals surface area contributed by atoms with Gasteiger partial charge in [0.05, 0.1) is 6.61 Å². The van der Waals surface area contributed by atoms with E-state index >= 15 is 0 Å². The van der Waals surface area contributed by atoms with Crippen LogP contribution in [0, 0.1) is 0 Å². The SMILES string of the molecule is COCC(C)Nc1ccc2oc3ccccc3c2c1. The molecule has 19 heavy (non-hydrogen) atoms. The van der Waals surface area contributed by atoms with Crippen LogP contribution in [-0.2, 0) is 4.74 Å². The van der Waals surface area contributed by atoms with Gasteiger partial charge in [-0.3, -0.25) is 0 Å². The first-order valence-corrected chi connectivity index (χ1v) is 6.44. The zero-order valence-electron chi connectivity index (χ0n) is 11.1. The van der Waals surface area contributed by atoms with Crippen LogP contribution in [0.2, 0.25) is 0 Å². The molecule has 1 heterocycles. The van der Waals surface area contributed by atoms with Crippen molar-refractivity contribution in [3.63, 3.8) is 0 Å². The number of para-hydroxylation sites is 1. The molecule has 2 aromatic carbocycles. The fourth-order valence-corrected chi connectivity index (χ4v) is 2.39. The lowest BCUT2D eigenvalue weighted by molar-refractivity contribution is 0.190. The van der Waals surface area contributed by atoms with Gasteiger partial charge >= 0.3 is 0 Å². The van der Waals surface area contributed by atoms with Gasteiger partial charge in [-0.05, 0) is 31.2 Å². The Labute approximate surface area is 112 Å². The van der Waals surface area contributed by atoms with E-state index in [0.717, 1.165) is 27.6 Å². The van der Waals surface area contributed by atoms with Gasteiger partial charge in [-0.15, -0.1) is 0 Å². The molecule has 1 unspecified atom stereocenters. The lowest BCUT2D eigenvalue weighted by Crippen LogP contribution is -2.20. The van der Waals surface area contributed by atoms with Crippen LogP contribution in [0.25, 0.3) is 21.9 Å². The van der Waals surface area contributed by atoms with E-state index < -0.39 is 0 Å². The van der Waals surface area contributed by atoms with Crippen LogP contribution in [0.1, 0.15) is 6.92 Å². The van der Waals surface area contributed by atoms with Crippen molar-refractivity contribution in [1.29, 1.82) is 0 Å². The van der Waals surface area contributed by atoms with Crippen molar-refractivity contribution in [2.24, 2.45) is 0 Å². The van der Waals surface area contributed by atoms with E-state index in [-0.39, 0.29) is 6.04 Å². The molecule has 0 aliphatic rings. The van der Waals surface area contributed by atoms with Gasteiger partial charge in [0.25, 0.3) is 0 Å². The van der Waals surface area contributed by atoms with Crippen molar-refractivity contribution in [1.82, 2.24) is 0 Å². The average Bonchev–Trinajstić information content (AvgIpc) is 2.77. The van der Waals surface area contributed by atoms with Gasteiger partial charge in [-0.25, -0.2) is 0 Å². The first-order valence-electron chi connectivity index (χ1n) is 6.44. The molecule has 0 amide bonds. The summed E-state index contributed by atoms with van der Waals surface area (Å²) in [6, 6.07) is 14.6. The highest BCUT2D eigenvalue weighted by Crippen LogP contribution is 2.30. The summed E-state index contributed by atoms with van der Waals surface area (Å²) in [4.78, 5) is 0. The van der Waals surface area contributed by atoms with Crippen molar-refractivity contribution < 1.29 is 9.15 Å². The summed E-state index contributed by atoms with van der Waals surface area (Å²) in [7, 11) is 1.71. The molecule has 0 saturated heterocycles.